The van der Waals surface area contributed by atoms with Crippen LogP contribution in [0.15, 0.2) is 48.5 Å². The Morgan fingerprint density at radius 2 is 1.64 bits per heavy atom. The van der Waals surface area contributed by atoms with Crippen LogP contribution in [0.3, 0.4) is 0 Å². The van der Waals surface area contributed by atoms with E-state index in [9.17, 15) is 4.79 Å². The highest BCUT2D eigenvalue weighted by Crippen LogP contribution is 2.22. The molecule has 3 heteroatoms. The van der Waals surface area contributed by atoms with Crippen molar-refractivity contribution in [1.29, 1.82) is 0 Å². The van der Waals surface area contributed by atoms with E-state index in [0.29, 0.717) is 0 Å². The van der Waals surface area contributed by atoms with Crippen molar-refractivity contribution in [2.75, 3.05) is 23.3 Å². The summed E-state index contributed by atoms with van der Waals surface area (Å²) in [5, 5.41) is 2.97. The molecule has 0 bridgehead atoms. The van der Waals surface area contributed by atoms with E-state index in [1.165, 1.54) is 24.9 Å². The third-order valence-corrected chi connectivity index (χ3v) is 4.24. The van der Waals surface area contributed by atoms with Gasteiger partial charge in [0.2, 0.25) is 0 Å². The number of hydrogen-bond donors (Lipinski definition) is 1. The van der Waals surface area contributed by atoms with Crippen LogP contribution in [0.5, 0.6) is 0 Å². The predicted octanol–water partition coefficient (Wildman–Crippen LogP) is 4.24. The number of hydrogen-bond acceptors (Lipinski definition) is 2. The minimum absolute atomic E-state index is 0.0520. The van der Waals surface area contributed by atoms with Crippen LogP contribution in [0.25, 0.3) is 0 Å². The van der Waals surface area contributed by atoms with Crippen LogP contribution in [0.4, 0.5) is 11.4 Å². The summed E-state index contributed by atoms with van der Waals surface area (Å²) in [6, 6.07) is 15.8. The molecule has 22 heavy (non-hydrogen) atoms. The van der Waals surface area contributed by atoms with Gasteiger partial charge in [-0.15, -0.1) is 0 Å². The van der Waals surface area contributed by atoms with Crippen molar-refractivity contribution in [3.8, 4) is 0 Å². The number of nitrogens with zero attached hydrogens (tertiary/aromatic N) is 1. The largest absolute Gasteiger partial charge is 0.372 e. The van der Waals surface area contributed by atoms with Gasteiger partial charge in [-0.05, 0) is 62.1 Å². The number of nitrogens with one attached hydrogen (secondary N) is 1. The van der Waals surface area contributed by atoms with Gasteiger partial charge in [0.25, 0.3) is 5.91 Å². The molecule has 1 heterocycles. The Morgan fingerprint density at radius 3 is 2.32 bits per heavy atom. The molecule has 0 unspecified atom stereocenters. The van der Waals surface area contributed by atoms with Gasteiger partial charge in [-0.3, -0.25) is 4.79 Å². The van der Waals surface area contributed by atoms with E-state index in [2.05, 4.69) is 22.3 Å². The van der Waals surface area contributed by atoms with Crippen molar-refractivity contribution in [2.24, 2.45) is 0 Å². The van der Waals surface area contributed by atoms with Gasteiger partial charge in [0, 0.05) is 30.0 Å². The van der Waals surface area contributed by atoms with E-state index in [0.717, 1.165) is 29.9 Å². The van der Waals surface area contributed by atoms with Crippen molar-refractivity contribution in [2.45, 2.75) is 26.2 Å². The van der Waals surface area contributed by atoms with Crippen LogP contribution >= 0.6 is 0 Å². The van der Waals surface area contributed by atoms with Crippen LogP contribution in [0.1, 0.15) is 35.2 Å². The number of rotatable bonds is 3. The summed E-state index contributed by atoms with van der Waals surface area (Å²) in [6.45, 7) is 4.22. The Labute approximate surface area is 132 Å². The summed E-state index contributed by atoms with van der Waals surface area (Å²) in [7, 11) is 0. The summed E-state index contributed by atoms with van der Waals surface area (Å²) in [4.78, 5) is 14.7. The standard InChI is InChI=1S/C19H22N2O/c1-15-7-3-4-8-18(15)19(22)20-16-9-11-17(12-10-16)21-13-5-2-6-14-21/h3-4,7-12H,2,5-6,13-14H2,1H3,(H,20,22). The SMILES string of the molecule is Cc1ccccc1C(=O)Nc1ccc(N2CCCCC2)cc1. The Hall–Kier alpha value is -2.29. The van der Waals surface area contributed by atoms with E-state index in [1.807, 2.05) is 43.3 Å². The van der Waals surface area contributed by atoms with Crippen molar-refractivity contribution in [1.82, 2.24) is 0 Å². The first-order valence-electron chi connectivity index (χ1n) is 7.96. The van der Waals surface area contributed by atoms with E-state index < -0.39 is 0 Å². The Kier molecular flexibility index (Phi) is 4.42. The third-order valence-electron chi connectivity index (χ3n) is 4.24. The molecular weight excluding hydrogens is 272 g/mol. The summed E-state index contributed by atoms with van der Waals surface area (Å²) in [5.41, 5.74) is 3.80. The molecule has 0 atom stereocenters. The zero-order chi connectivity index (χ0) is 15.4. The summed E-state index contributed by atoms with van der Waals surface area (Å²) >= 11 is 0. The molecule has 0 aromatic heterocycles. The van der Waals surface area contributed by atoms with E-state index >= 15 is 0 Å². The molecule has 0 saturated carbocycles. The van der Waals surface area contributed by atoms with Crippen molar-refractivity contribution >= 4 is 17.3 Å². The molecule has 1 aliphatic heterocycles. The highest BCUT2D eigenvalue weighted by atomic mass is 16.1. The number of carbonyl (C=O) groups is 1. The molecule has 1 aliphatic rings. The second-order valence-corrected chi connectivity index (χ2v) is 5.86. The minimum Gasteiger partial charge on any atom is -0.372 e. The lowest BCUT2D eigenvalue weighted by Crippen LogP contribution is -2.29. The Morgan fingerprint density at radius 1 is 0.955 bits per heavy atom. The molecule has 1 saturated heterocycles. The topological polar surface area (TPSA) is 32.3 Å². The fourth-order valence-corrected chi connectivity index (χ4v) is 2.93. The molecule has 3 nitrogen and oxygen atoms in total. The van der Waals surface area contributed by atoms with Crippen LogP contribution < -0.4 is 10.2 Å². The van der Waals surface area contributed by atoms with E-state index in [1.54, 1.807) is 0 Å². The van der Waals surface area contributed by atoms with Gasteiger partial charge < -0.3 is 10.2 Å². The van der Waals surface area contributed by atoms with Crippen LogP contribution in [-0.2, 0) is 0 Å². The molecule has 3 rings (SSSR count). The number of carbonyl (C=O) groups excluding carboxylic acids is 1. The number of anilines is 2. The van der Waals surface area contributed by atoms with Gasteiger partial charge in [0.1, 0.15) is 0 Å². The molecule has 114 valence electrons. The maximum absolute atomic E-state index is 12.3. The number of piperidine rings is 1. The summed E-state index contributed by atoms with van der Waals surface area (Å²) in [5.74, 6) is -0.0520. The average Bonchev–Trinajstić information content (AvgIpc) is 2.57. The maximum Gasteiger partial charge on any atom is 0.255 e. The number of aryl methyl sites for hydroxylation is 1. The van der Waals surface area contributed by atoms with Gasteiger partial charge >= 0.3 is 0 Å². The van der Waals surface area contributed by atoms with Gasteiger partial charge in [0.05, 0.1) is 0 Å². The maximum atomic E-state index is 12.3. The van der Waals surface area contributed by atoms with Gasteiger partial charge in [-0.25, -0.2) is 0 Å². The fraction of sp³-hybridized carbons (Fsp3) is 0.316. The smallest absolute Gasteiger partial charge is 0.255 e. The summed E-state index contributed by atoms with van der Waals surface area (Å²) in [6.07, 6.45) is 3.87. The highest BCUT2D eigenvalue weighted by Gasteiger charge is 2.12. The predicted molar refractivity (Wildman–Crippen MR) is 91.6 cm³/mol. The number of amides is 1. The number of benzene rings is 2. The molecule has 1 fully saturated rings. The Bertz CT molecular complexity index is 643. The van der Waals surface area contributed by atoms with Gasteiger partial charge in [-0.1, -0.05) is 18.2 Å². The van der Waals surface area contributed by atoms with Gasteiger partial charge in [-0.2, -0.15) is 0 Å². The Balaban J connectivity index is 1.68. The minimum atomic E-state index is -0.0520. The first-order valence-corrected chi connectivity index (χ1v) is 7.96. The first-order chi connectivity index (χ1) is 10.7. The van der Waals surface area contributed by atoms with Crippen molar-refractivity contribution in [3.05, 3.63) is 59.7 Å². The van der Waals surface area contributed by atoms with E-state index in [-0.39, 0.29) is 5.91 Å². The molecule has 0 aliphatic carbocycles. The van der Waals surface area contributed by atoms with E-state index in [4.69, 9.17) is 0 Å². The molecule has 2 aromatic carbocycles. The summed E-state index contributed by atoms with van der Waals surface area (Å²) < 4.78 is 0. The van der Waals surface area contributed by atoms with Gasteiger partial charge in [0.15, 0.2) is 0 Å². The van der Waals surface area contributed by atoms with Crippen LogP contribution in [0.2, 0.25) is 0 Å². The van der Waals surface area contributed by atoms with Crippen LogP contribution in [-0.4, -0.2) is 19.0 Å². The fourth-order valence-electron chi connectivity index (χ4n) is 2.93. The second kappa shape index (κ2) is 6.65. The van der Waals surface area contributed by atoms with Crippen molar-refractivity contribution < 1.29 is 4.79 Å². The molecule has 1 N–H and O–H groups in total. The third kappa shape index (κ3) is 3.30. The lowest BCUT2D eigenvalue weighted by atomic mass is 10.1. The zero-order valence-corrected chi connectivity index (χ0v) is 13.0. The monoisotopic (exact) mass is 294 g/mol. The quantitative estimate of drug-likeness (QED) is 0.918. The molecule has 1 amide bonds. The van der Waals surface area contributed by atoms with Crippen molar-refractivity contribution in [3.63, 3.8) is 0 Å². The molecule has 0 radical (unpaired) electrons. The normalized spacial score (nSPS) is 14.7. The average molecular weight is 294 g/mol. The first kappa shape index (κ1) is 14.6. The molecular formula is C19H22N2O. The lowest BCUT2D eigenvalue weighted by molar-refractivity contribution is 0.102. The molecule has 2 aromatic rings. The molecule has 0 spiro atoms. The lowest BCUT2D eigenvalue weighted by Gasteiger charge is -2.28. The highest BCUT2D eigenvalue weighted by molar-refractivity contribution is 6.05. The zero-order valence-electron chi connectivity index (χ0n) is 13.0. The van der Waals surface area contributed by atoms with Crippen LogP contribution in [0, 0.1) is 6.92 Å². The second-order valence-electron chi connectivity index (χ2n) is 5.86.